The summed E-state index contributed by atoms with van der Waals surface area (Å²) in [5, 5.41) is 3.47. The predicted octanol–water partition coefficient (Wildman–Crippen LogP) is 0.441. The molecule has 6 nitrogen and oxygen atoms in total. The molecule has 0 bridgehead atoms. The van der Waals surface area contributed by atoms with Crippen LogP contribution in [0.5, 0.6) is 0 Å². The molecule has 0 spiro atoms. The van der Waals surface area contributed by atoms with Gasteiger partial charge in [-0.25, -0.2) is 0 Å². The topological polar surface area (TPSA) is 77.4 Å². The summed E-state index contributed by atoms with van der Waals surface area (Å²) in [7, 11) is 2.82. The van der Waals surface area contributed by atoms with E-state index < -0.39 is 11.9 Å². The number of pyridine rings is 1. The molecular weight excluding hydrogens is 260 g/mol. The van der Waals surface area contributed by atoms with E-state index in [9.17, 15) is 14.4 Å². The minimum atomic E-state index is -0.535. The number of aromatic nitrogens is 1. The fraction of sp³-hybridized carbons (Fsp3) is 0.214. The van der Waals surface area contributed by atoms with Gasteiger partial charge in [-0.05, 0) is 6.07 Å². The molecule has 0 radical (unpaired) electrons. The lowest BCUT2D eigenvalue weighted by Gasteiger charge is -2.09. The lowest BCUT2D eigenvalue weighted by molar-refractivity contribution is -0.139. The first kappa shape index (κ1) is 13.8. The SMILES string of the molecule is COC(=O)CNC(=O)c1cn(C)c(=O)c2ccccc12. The van der Waals surface area contributed by atoms with Gasteiger partial charge in [-0.1, -0.05) is 18.2 Å². The molecule has 2 rings (SSSR count). The highest BCUT2D eigenvalue weighted by Gasteiger charge is 2.14. The Morgan fingerprint density at radius 2 is 1.90 bits per heavy atom. The number of hydrogen-bond donors (Lipinski definition) is 1. The molecule has 1 amide bonds. The average molecular weight is 274 g/mol. The van der Waals surface area contributed by atoms with Crippen molar-refractivity contribution in [2.24, 2.45) is 7.05 Å². The largest absolute Gasteiger partial charge is 0.468 e. The van der Waals surface area contributed by atoms with Crippen LogP contribution in [0, 0.1) is 0 Å². The van der Waals surface area contributed by atoms with Gasteiger partial charge < -0.3 is 14.6 Å². The Balaban J connectivity index is 2.44. The van der Waals surface area contributed by atoms with Crippen molar-refractivity contribution in [2.75, 3.05) is 13.7 Å². The molecule has 0 atom stereocenters. The Kier molecular flexibility index (Phi) is 3.84. The molecule has 0 aliphatic carbocycles. The van der Waals surface area contributed by atoms with Gasteiger partial charge in [0.15, 0.2) is 0 Å². The number of benzene rings is 1. The second-order valence-electron chi connectivity index (χ2n) is 4.26. The zero-order valence-electron chi connectivity index (χ0n) is 11.2. The lowest BCUT2D eigenvalue weighted by atomic mass is 10.1. The van der Waals surface area contributed by atoms with E-state index in [0.29, 0.717) is 16.3 Å². The van der Waals surface area contributed by atoms with Crippen LogP contribution in [-0.4, -0.2) is 30.1 Å². The molecule has 0 aliphatic rings. The van der Waals surface area contributed by atoms with Gasteiger partial charge in [0, 0.05) is 24.0 Å². The summed E-state index contributed by atoms with van der Waals surface area (Å²) in [6, 6.07) is 6.84. The molecular formula is C14H14N2O4. The maximum absolute atomic E-state index is 12.1. The van der Waals surface area contributed by atoms with E-state index in [2.05, 4.69) is 10.1 Å². The van der Waals surface area contributed by atoms with Crippen molar-refractivity contribution in [3.63, 3.8) is 0 Å². The number of esters is 1. The third kappa shape index (κ3) is 2.54. The average Bonchev–Trinajstić information content (AvgIpc) is 2.48. The normalized spacial score (nSPS) is 10.3. The summed E-state index contributed by atoms with van der Waals surface area (Å²) in [5.74, 6) is -0.963. The highest BCUT2D eigenvalue weighted by atomic mass is 16.5. The monoisotopic (exact) mass is 274 g/mol. The number of rotatable bonds is 3. The number of fused-ring (bicyclic) bond motifs is 1. The summed E-state index contributed by atoms with van der Waals surface area (Å²) in [4.78, 5) is 35.1. The van der Waals surface area contributed by atoms with Crippen LogP contribution in [0.3, 0.4) is 0 Å². The number of aryl methyl sites for hydroxylation is 1. The highest BCUT2D eigenvalue weighted by molar-refractivity contribution is 6.07. The number of methoxy groups -OCH3 is 1. The maximum atomic E-state index is 12.1. The van der Waals surface area contributed by atoms with E-state index in [1.807, 2.05) is 0 Å². The Morgan fingerprint density at radius 3 is 2.55 bits per heavy atom. The molecule has 104 valence electrons. The number of carbonyl (C=O) groups is 2. The summed E-state index contributed by atoms with van der Waals surface area (Å²) in [6.45, 7) is -0.216. The van der Waals surface area contributed by atoms with Crippen LogP contribution in [0.1, 0.15) is 10.4 Å². The van der Waals surface area contributed by atoms with Crippen molar-refractivity contribution in [2.45, 2.75) is 0 Å². The summed E-state index contributed by atoms with van der Waals surface area (Å²) in [6.07, 6.45) is 1.46. The van der Waals surface area contributed by atoms with Crippen molar-refractivity contribution in [3.8, 4) is 0 Å². The van der Waals surface area contributed by atoms with Crippen LogP contribution in [0.4, 0.5) is 0 Å². The lowest BCUT2D eigenvalue weighted by Crippen LogP contribution is -2.31. The van der Waals surface area contributed by atoms with Gasteiger partial charge in [-0.2, -0.15) is 0 Å². The van der Waals surface area contributed by atoms with Gasteiger partial charge in [0.2, 0.25) is 0 Å². The Morgan fingerprint density at radius 1 is 1.25 bits per heavy atom. The molecule has 1 aromatic heterocycles. The third-order valence-corrected chi connectivity index (χ3v) is 2.96. The fourth-order valence-corrected chi connectivity index (χ4v) is 1.92. The van der Waals surface area contributed by atoms with Crippen molar-refractivity contribution in [3.05, 3.63) is 46.4 Å². The third-order valence-electron chi connectivity index (χ3n) is 2.96. The molecule has 6 heteroatoms. The van der Waals surface area contributed by atoms with E-state index in [1.165, 1.54) is 17.9 Å². The smallest absolute Gasteiger partial charge is 0.325 e. The van der Waals surface area contributed by atoms with E-state index in [-0.39, 0.29) is 12.1 Å². The minimum Gasteiger partial charge on any atom is -0.468 e. The van der Waals surface area contributed by atoms with E-state index >= 15 is 0 Å². The molecule has 20 heavy (non-hydrogen) atoms. The zero-order valence-corrected chi connectivity index (χ0v) is 11.2. The summed E-state index contributed by atoms with van der Waals surface area (Å²) >= 11 is 0. The first-order chi connectivity index (χ1) is 9.54. The van der Waals surface area contributed by atoms with E-state index in [4.69, 9.17) is 0 Å². The Hall–Kier alpha value is -2.63. The molecule has 0 unspecified atom stereocenters. The molecule has 1 N–H and O–H groups in total. The van der Waals surface area contributed by atoms with Crippen molar-refractivity contribution in [1.29, 1.82) is 0 Å². The van der Waals surface area contributed by atoms with Crippen LogP contribution < -0.4 is 10.9 Å². The number of amides is 1. The summed E-state index contributed by atoms with van der Waals surface area (Å²) in [5.41, 5.74) is 0.164. The second-order valence-corrected chi connectivity index (χ2v) is 4.26. The fourth-order valence-electron chi connectivity index (χ4n) is 1.92. The number of nitrogens with zero attached hydrogens (tertiary/aromatic N) is 1. The van der Waals surface area contributed by atoms with Crippen LogP contribution in [-0.2, 0) is 16.6 Å². The van der Waals surface area contributed by atoms with Gasteiger partial charge in [-0.3, -0.25) is 14.4 Å². The molecule has 1 heterocycles. The number of ether oxygens (including phenoxy) is 1. The van der Waals surface area contributed by atoms with Gasteiger partial charge in [-0.15, -0.1) is 0 Å². The maximum Gasteiger partial charge on any atom is 0.325 e. The summed E-state index contributed by atoms with van der Waals surface area (Å²) < 4.78 is 5.80. The van der Waals surface area contributed by atoms with Gasteiger partial charge in [0.05, 0.1) is 12.7 Å². The van der Waals surface area contributed by atoms with Crippen molar-refractivity contribution < 1.29 is 14.3 Å². The minimum absolute atomic E-state index is 0.176. The Bertz CT molecular complexity index is 734. The molecule has 0 aliphatic heterocycles. The standard InChI is InChI=1S/C14H14N2O4/c1-16-8-11(13(18)15-7-12(17)20-2)9-5-3-4-6-10(9)14(16)19/h3-6,8H,7H2,1-2H3,(H,15,18). The molecule has 0 saturated carbocycles. The van der Waals surface area contributed by atoms with Crippen LogP contribution in [0.15, 0.2) is 35.3 Å². The quantitative estimate of drug-likeness (QED) is 0.824. The van der Waals surface area contributed by atoms with Gasteiger partial charge >= 0.3 is 5.97 Å². The second kappa shape index (κ2) is 5.56. The van der Waals surface area contributed by atoms with E-state index in [1.54, 1.807) is 31.3 Å². The van der Waals surface area contributed by atoms with Crippen LogP contribution in [0.2, 0.25) is 0 Å². The number of carbonyl (C=O) groups excluding carboxylic acids is 2. The predicted molar refractivity (Wildman–Crippen MR) is 73.5 cm³/mol. The molecule has 2 aromatic rings. The van der Waals surface area contributed by atoms with Crippen molar-refractivity contribution in [1.82, 2.24) is 9.88 Å². The first-order valence-corrected chi connectivity index (χ1v) is 5.98. The van der Waals surface area contributed by atoms with E-state index in [0.717, 1.165) is 0 Å². The first-order valence-electron chi connectivity index (χ1n) is 5.98. The van der Waals surface area contributed by atoms with Crippen molar-refractivity contribution >= 4 is 22.6 Å². The molecule has 1 aromatic carbocycles. The molecule has 0 fully saturated rings. The number of nitrogens with one attached hydrogen (secondary N) is 1. The zero-order chi connectivity index (χ0) is 14.7. The van der Waals surface area contributed by atoms with Gasteiger partial charge in [0.1, 0.15) is 6.54 Å². The van der Waals surface area contributed by atoms with Crippen LogP contribution in [0.25, 0.3) is 10.8 Å². The Labute approximate surface area is 115 Å². The van der Waals surface area contributed by atoms with Gasteiger partial charge in [0.25, 0.3) is 11.5 Å². The highest BCUT2D eigenvalue weighted by Crippen LogP contribution is 2.14. The number of hydrogen-bond acceptors (Lipinski definition) is 4. The molecule has 0 saturated heterocycles. The van der Waals surface area contributed by atoms with Crippen LogP contribution >= 0.6 is 0 Å².